The summed E-state index contributed by atoms with van der Waals surface area (Å²) >= 11 is 0. The molecule has 0 bridgehead atoms. The van der Waals surface area contributed by atoms with Gasteiger partial charge in [0.1, 0.15) is 5.75 Å². The Bertz CT molecular complexity index is 646. The highest BCUT2D eigenvalue weighted by atomic mass is 16.3. The van der Waals surface area contributed by atoms with Crippen LogP contribution >= 0.6 is 0 Å². The lowest BCUT2D eigenvalue weighted by molar-refractivity contribution is 0.268. The molecule has 2 saturated carbocycles. The summed E-state index contributed by atoms with van der Waals surface area (Å²) in [5.41, 5.74) is 1.50. The number of aromatic hydroxyl groups is 1. The molecule has 0 radical (unpaired) electrons. The second kappa shape index (κ2) is 5.05. The van der Waals surface area contributed by atoms with Crippen LogP contribution in [0.4, 0.5) is 0 Å². The van der Waals surface area contributed by atoms with E-state index in [-0.39, 0.29) is 5.41 Å². The fraction of sp³-hybridized carbons (Fsp3) is 0.500. The summed E-state index contributed by atoms with van der Waals surface area (Å²) in [6.07, 6.45) is 10.6. The van der Waals surface area contributed by atoms with E-state index in [4.69, 9.17) is 0 Å². The molecule has 0 atom stereocenters. The van der Waals surface area contributed by atoms with Gasteiger partial charge < -0.3 is 5.11 Å². The summed E-state index contributed by atoms with van der Waals surface area (Å²) < 4.78 is 0. The van der Waals surface area contributed by atoms with Gasteiger partial charge in [-0.3, -0.25) is 0 Å². The minimum Gasteiger partial charge on any atom is -0.507 e. The van der Waals surface area contributed by atoms with Crippen LogP contribution in [-0.2, 0) is 5.41 Å². The lowest BCUT2D eigenvalue weighted by Crippen LogP contribution is -2.30. The summed E-state index contributed by atoms with van der Waals surface area (Å²) in [6.45, 7) is 0. The molecule has 2 aliphatic rings. The molecule has 2 aliphatic carbocycles. The SMILES string of the molecule is Oc1c(C2(C3CCCC3)CCCC2)ccc2ccccc12. The minimum absolute atomic E-state index is 0.255. The fourth-order valence-corrected chi connectivity index (χ4v) is 5.04. The van der Waals surface area contributed by atoms with E-state index in [1.807, 2.05) is 12.1 Å². The van der Waals surface area contributed by atoms with Crippen LogP contribution in [0.2, 0.25) is 0 Å². The molecule has 2 aromatic carbocycles. The first-order chi connectivity index (χ1) is 10.3. The first-order valence-electron chi connectivity index (χ1n) is 8.52. The Hall–Kier alpha value is -1.50. The molecular formula is C20H24O. The third kappa shape index (κ3) is 1.97. The highest BCUT2D eigenvalue weighted by Crippen LogP contribution is 2.55. The first kappa shape index (κ1) is 13.2. The van der Waals surface area contributed by atoms with Crippen molar-refractivity contribution < 1.29 is 5.11 Å². The van der Waals surface area contributed by atoms with Crippen molar-refractivity contribution in [3.05, 3.63) is 42.0 Å². The maximum atomic E-state index is 10.9. The van der Waals surface area contributed by atoms with Gasteiger partial charge in [0, 0.05) is 16.4 Å². The zero-order valence-electron chi connectivity index (χ0n) is 12.6. The lowest BCUT2D eigenvalue weighted by atomic mass is 9.67. The van der Waals surface area contributed by atoms with E-state index in [1.54, 1.807) is 0 Å². The number of hydrogen-bond acceptors (Lipinski definition) is 1. The van der Waals surface area contributed by atoms with Gasteiger partial charge in [0.05, 0.1) is 0 Å². The van der Waals surface area contributed by atoms with Crippen molar-refractivity contribution >= 4 is 10.8 Å². The van der Waals surface area contributed by atoms with E-state index in [0.29, 0.717) is 5.75 Å². The Balaban J connectivity index is 1.88. The van der Waals surface area contributed by atoms with Crippen LogP contribution in [0.25, 0.3) is 10.8 Å². The monoisotopic (exact) mass is 280 g/mol. The standard InChI is InChI=1S/C20H24O/c21-19-17-10-4-1-7-15(17)11-12-18(19)20(13-5-6-14-20)16-8-2-3-9-16/h1,4,7,10-12,16,21H,2-3,5-6,8-9,13-14H2. The van der Waals surface area contributed by atoms with Gasteiger partial charge in [0.2, 0.25) is 0 Å². The fourth-order valence-electron chi connectivity index (χ4n) is 5.04. The van der Waals surface area contributed by atoms with E-state index < -0.39 is 0 Å². The molecule has 2 fully saturated rings. The maximum Gasteiger partial charge on any atom is 0.127 e. The van der Waals surface area contributed by atoms with Crippen molar-refractivity contribution in [1.29, 1.82) is 0 Å². The van der Waals surface area contributed by atoms with Crippen LogP contribution < -0.4 is 0 Å². The molecule has 0 heterocycles. The van der Waals surface area contributed by atoms with Crippen LogP contribution in [0.3, 0.4) is 0 Å². The Morgan fingerprint density at radius 1 is 0.857 bits per heavy atom. The third-order valence-corrected chi connectivity index (χ3v) is 6.07. The lowest BCUT2D eigenvalue weighted by Gasteiger charge is -2.37. The van der Waals surface area contributed by atoms with Crippen molar-refractivity contribution in [2.45, 2.75) is 56.8 Å². The molecule has 0 spiro atoms. The second-order valence-electron chi connectivity index (χ2n) is 7.03. The van der Waals surface area contributed by atoms with Gasteiger partial charge in [-0.05, 0) is 37.0 Å². The number of hydrogen-bond donors (Lipinski definition) is 1. The molecule has 0 saturated heterocycles. The summed E-state index contributed by atoms with van der Waals surface area (Å²) in [5.74, 6) is 1.34. The Morgan fingerprint density at radius 3 is 2.33 bits per heavy atom. The summed E-state index contributed by atoms with van der Waals surface area (Å²) in [5, 5.41) is 13.1. The third-order valence-electron chi connectivity index (χ3n) is 6.07. The Morgan fingerprint density at radius 2 is 1.57 bits per heavy atom. The van der Waals surface area contributed by atoms with Gasteiger partial charge in [-0.25, -0.2) is 0 Å². The topological polar surface area (TPSA) is 20.2 Å². The first-order valence-corrected chi connectivity index (χ1v) is 8.52. The van der Waals surface area contributed by atoms with Gasteiger partial charge in [-0.15, -0.1) is 0 Å². The maximum absolute atomic E-state index is 10.9. The molecular weight excluding hydrogens is 256 g/mol. The van der Waals surface area contributed by atoms with Gasteiger partial charge >= 0.3 is 0 Å². The molecule has 2 aromatic rings. The highest BCUT2D eigenvalue weighted by molar-refractivity contribution is 5.89. The molecule has 4 rings (SSSR count). The van der Waals surface area contributed by atoms with Crippen LogP contribution in [0, 0.1) is 5.92 Å². The average Bonchev–Trinajstić information content (AvgIpc) is 3.20. The number of phenols is 1. The van der Waals surface area contributed by atoms with E-state index in [9.17, 15) is 5.11 Å². The van der Waals surface area contributed by atoms with Crippen LogP contribution in [-0.4, -0.2) is 5.11 Å². The predicted octanol–water partition coefficient (Wildman–Crippen LogP) is 5.55. The molecule has 1 heteroatoms. The average molecular weight is 280 g/mol. The van der Waals surface area contributed by atoms with Crippen molar-refractivity contribution in [2.24, 2.45) is 5.92 Å². The smallest absolute Gasteiger partial charge is 0.127 e. The van der Waals surface area contributed by atoms with Crippen molar-refractivity contribution in [1.82, 2.24) is 0 Å². The number of phenolic OH excluding ortho intramolecular Hbond substituents is 1. The van der Waals surface area contributed by atoms with Gasteiger partial charge in [-0.1, -0.05) is 62.1 Å². The summed E-state index contributed by atoms with van der Waals surface area (Å²) in [4.78, 5) is 0. The molecule has 1 N–H and O–H groups in total. The van der Waals surface area contributed by atoms with Crippen LogP contribution in [0.15, 0.2) is 36.4 Å². The molecule has 110 valence electrons. The quantitative estimate of drug-likeness (QED) is 0.765. The van der Waals surface area contributed by atoms with E-state index in [0.717, 1.165) is 16.7 Å². The molecule has 0 aliphatic heterocycles. The molecule has 0 aromatic heterocycles. The number of benzene rings is 2. The van der Waals surface area contributed by atoms with Gasteiger partial charge in [0.25, 0.3) is 0 Å². The summed E-state index contributed by atoms with van der Waals surface area (Å²) in [7, 11) is 0. The molecule has 21 heavy (non-hydrogen) atoms. The van der Waals surface area contributed by atoms with Gasteiger partial charge in [-0.2, -0.15) is 0 Å². The number of fused-ring (bicyclic) bond motifs is 1. The predicted molar refractivity (Wildman–Crippen MR) is 87.7 cm³/mol. The molecule has 0 unspecified atom stereocenters. The minimum atomic E-state index is 0.255. The molecule has 0 amide bonds. The largest absolute Gasteiger partial charge is 0.507 e. The van der Waals surface area contributed by atoms with Crippen molar-refractivity contribution in [2.75, 3.05) is 0 Å². The van der Waals surface area contributed by atoms with E-state index >= 15 is 0 Å². The van der Waals surface area contributed by atoms with Gasteiger partial charge in [0.15, 0.2) is 0 Å². The van der Waals surface area contributed by atoms with E-state index in [2.05, 4.69) is 24.3 Å². The Labute approximate surface area is 127 Å². The second-order valence-corrected chi connectivity index (χ2v) is 7.03. The van der Waals surface area contributed by atoms with Crippen LogP contribution in [0.1, 0.15) is 56.9 Å². The number of rotatable bonds is 2. The Kier molecular flexibility index (Phi) is 3.17. The van der Waals surface area contributed by atoms with Crippen LogP contribution in [0.5, 0.6) is 5.75 Å². The van der Waals surface area contributed by atoms with Crippen molar-refractivity contribution in [3.8, 4) is 5.75 Å². The zero-order chi connectivity index (χ0) is 14.3. The zero-order valence-corrected chi connectivity index (χ0v) is 12.6. The highest BCUT2D eigenvalue weighted by Gasteiger charge is 2.45. The summed E-state index contributed by atoms with van der Waals surface area (Å²) in [6, 6.07) is 12.7. The molecule has 1 nitrogen and oxygen atoms in total. The normalized spacial score (nSPS) is 22.1. The van der Waals surface area contributed by atoms with Crippen molar-refractivity contribution in [3.63, 3.8) is 0 Å². The van der Waals surface area contributed by atoms with E-state index in [1.165, 1.54) is 56.9 Å².